The largest absolute Gasteiger partial charge is 0.370 e. The number of imidazole rings is 1. The van der Waals surface area contributed by atoms with Crippen molar-refractivity contribution in [3.8, 4) is 5.69 Å². The van der Waals surface area contributed by atoms with E-state index >= 15 is 0 Å². The second-order valence-corrected chi connectivity index (χ2v) is 6.94. The highest BCUT2D eigenvalue weighted by Gasteiger charge is 2.31. The van der Waals surface area contributed by atoms with Gasteiger partial charge in [-0.25, -0.2) is 4.98 Å². The van der Waals surface area contributed by atoms with Crippen molar-refractivity contribution in [1.82, 2.24) is 14.5 Å². The first kappa shape index (κ1) is 15.3. The Morgan fingerprint density at radius 3 is 2.82 bits per heavy atom. The number of hydrogen-bond acceptors (Lipinski definition) is 3. The van der Waals surface area contributed by atoms with Gasteiger partial charge in [0.15, 0.2) is 0 Å². The molecule has 0 spiro atoms. The quantitative estimate of drug-likeness (QED) is 0.872. The van der Waals surface area contributed by atoms with E-state index in [0.717, 1.165) is 25.3 Å². The summed E-state index contributed by atoms with van der Waals surface area (Å²) in [5, 5.41) is 0. The minimum atomic E-state index is -0.0671. The van der Waals surface area contributed by atoms with Gasteiger partial charge in [0.1, 0.15) is 0 Å². The number of morpholine rings is 1. The van der Waals surface area contributed by atoms with Crippen LogP contribution in [-0.2, 0) is 11.3 Å². The van der Waals surface area contributed by atoms with E-state index in [1.54, 1.807) is 6.20 Å². The van der Waals surface area contributed by atoms with Crippen LogP contribution in [0.4, 0.5) is 0 Å². The molecule has 4 nitrogen and oxygen atoms in total. The van der Waals surface area contributed by atoms with E-state index in [0.29, 0.717) is 0 Å². The predicted molar refractivity (Wildman–Crippen MR) is 88.2 cm³/mol. The number of hydrogen-bond donors (Lipinski definition) is 0. The van der Waals surface area contributed by atoms with Crippen LogP contribution in [-0.4, -0.2) is 39.2 Å². The van der Waals surface area contributed by atoms with Gasteiger partial charge in [0.25, 0.3) is 0 Å². The summed E-state index contributed by atoms with van der Waals surface area (Å²) < 4.78 is 8.03. The Hall–Kier alpha value is -1.65. The van der Waals surface area contributed by atoms with Gasteiger partial charge in [-0.1, -0.05) is 6.07 Å². The summed E-state index contributed by atoms with van der Waals surface area (Å²) in [5.74, 6) is 0. The highest BCUT2D eigenvalue weighted by molar-refractivity contribution is 5.40. The Balaban J connectivity index is 1.75. The minimum Gasteiger partial charge on any atom is -0.370 e. The third-order valence-electron chi connectivity index (χ3n) is 4.16. The molecule has 0 aliphatic carbocycles. The average molecular weight is 299 g/mol. The lowest BCUT2D eigenvalue weighted by Crippen LogP contribution is -2.51. The second-order valence-electron chi connectivity index (χ2n) is 6.94. The summed E-state index contributed by atoms with van der Waals surface area (Å²) in [6, 6.07) is 6.63. The molecular formula is C18H25N3O. The number of ether oxygens (including phenoxy) is 1. The van der Waals surface area contributed by atoms with Crippen molar-refractivity contribution in [1.29, 1.82) is 0 Å². The fourth-order valence-corrected chi connectivity index (χ4v) is 3.38. The molecule has 3 rings (SSSR count). The molecule has 1 unspecified atom stereocenters. The van der Waals surface area contributed by atoms with Gasteiger partial charge in [-0.3, -0.25) is 4.90 Å². The fraction of sp³-hybridized carbons (Fsp3) is 0.500. The van der Waals surface area contributed by atoms with E-state index in [2.05, 4.69) is 55.8 Å². The number of benzene rings is 1. The van der Waals surface area contributed by atoms with Crippen molar-refractivity contribution in [3.05, 3.63) is 48.0 Å². The molecule has 0 amide bonds. The van der Waals surface area contributed by atoms with Gasteiger partial charge in [0.2, 0.25) is 0 Å². The molecule has 1 aromatic carbocycles. The van der Waals surface area contributed by atoms with Crippen LogP contribution in [0, 0.1) is 6.92 Å². The number of aryl methyl sites for hydroxylation is 1. The van der Waals surface area contributed by atoms with Crippen molar-refractivity contribution < 1.29 is 4.74 Å². The maximum absolute atomic E-state index is 5.99. The standard InChI is InChI=1S/C18H25N3O/c1-14-9-17(21-8-7-19-13-21)6-5-16(14)11-20-10-15(2)22-18(3,4)12-20/h5-9,13,15H,10-12H2,1-4H3. The third-order valence-corrected chi connectivity index (χ3v) is 4.16. The maximum Gasteiger partial charge on any atom is 0.0991 e. The van der Waals surface area contributed by atoms with Crippen molar-refractivity contribution in [2.24, 2.45) is 0 Å². The van der Waals surface area contributed by atoms with Crippen LogP contribution in [0.5, 0.6) is 0 Å². The van der Waals surface area contributed by atoms with Crippen LogP contribution in [0.25, 0.3) is 5.69 Å². The highest BCUT2D eigenvalue weighted by atomic mass is 16.5. The molecule has 1 aliphatic rings. The zero-order valence-electron chi connectivity index (χ0n) is 13.9. The smallest absolute Gasteiger partial charge is 0.0991 e. The fourth-order valence-electron chi connectivity index (χ4n) is 3.38. The lowest BCUT2D eigenvalue weighted by molar-refractivity contribution is -0.130. The second kappa shape index (κ2) is 5.86. The number of rotatable bonds is 3. The van der Waals surface area contributed by atoms with Crippen LogP contribution in [0.3, 0.4) is 0 Å². The Kier molecular flexibility index (Phi) is 4.06. The van der Waals surface area contributed by atoms with Gasteiger partial charge >= 0.3 is 0 Å². The van der Waals surface area contributed by atoms with E-state index in [1.165, 1.54) is 11.1 Å². The molecule has 1 atom stereocenters. The molecule has 1 aliphatic heterocycles. The summed E-state index contributed by atoms with van der Waals surface area (Å²) in [7, 11) is 0. The molecular weight excluding hydrogens is 274 g/mol. The summed E-state index contributed by atoms with van der Waals surface area (Å²) in [6.45, 7) is 11.6. The molecule has 0 saturated carbocycles. The highest BCUT2D eigenvalue weighted by Crippen LogP contribution is 2.24. The maximum atomic E-state index is 5.99. The molecule has 2 aromatic rings. The first-order valence-corrected chi connectivity index (χ1v) is 7.91. The summed E-state index contributed by atoms with van der Waals surface area (Å²) in [6.07, 6.45) is 5.90. The van der Waals surface area contributed by atoms with Crippen LogP contribution in [0.15, 0.2) is 36.9 Å². The molecule has 1 aromatic heterocycles. The Labute approximate surface area is 132 Å². The Bertz CT molecular complexity index is 634. The minimum absolute atomic E-state index is 0.0671. The van der Waals surface area contributed by atoms with Gasteiger partial charge in [-0.2, -0.15) is 0 Å². The molecule has 0 bridgehead atoms. The van der Waals surface area contributed by atoms with E-state index in [-0.39, 0.29) is 11.7 Å². The van der Waals surface area contributed by atoms with Crippen molar-refractivity contribution in [3.63, 3.8) is 0 Å². The molecule has 22 heavy (non-hydrogen) atoms. The van der Waals surface area contributed by atoms with Crippen LogP contribution >= 0.6 is 0 Å². The Morgan fingerprint density at radius 2 is 2.18 bits per heavy atom. The topological polar surface area (TPSA) is 30.3 Å². The molecule has 1 saturated heterocycles. The van der Waals surface area contributed by atoms with Gasteiger partial charge in [0.05, 0.1) is 18.0 Å². The van der Waals surface area contributed by atoms with E-state index in [4.69, 9.17) is 4.74 Å². The van der Waals surface area contributed by atoms with Crippen LogP contribution < -0.4 is 0 Å². The SMILES string of the molecule is Cc1cc(-n2ccnc2)ccc1CN1CC(C)OC(C)(C)C1. The summed E-state index contributed by atoms with van der Waals surface area (Å²) >= 11 is 0. The van der Waals surface area contributed by atoms with Gasteiger partial charge < -0.3 is 9.30 Å². The number of aromatic nitrogens is 2. The first-order valence-electron chi connectivity index (χ1n) is 7.91. The molecule has 2 heterocycles. The normalized spacial score (nSPS) is 21.9. The third kappa shape index (κ3) is 3.39. The van der Waals surface area contributed by atoms with Gasteiger partial charge in [0, 0.05) is 37.7 Å². The van der Waals surface area contributed by atoms with Gasteiger partial charge in [-0.15, -0.1) is 0 Å². The average Bonchev–Trinajstić information content (AvgIpc) is 2.92. The molecule has 1 fully saturated rings. The van der Waals surface area contributed by atoms with Crippen molar-refractivity contribution in [2.45, 2.75) is 45.9 Å². The monoisotopic (exact) mass is 299 g/mol. The van der Waals surface area contributed by atoms with Crippen molar-refractivity contribution in [2.75, 3.05) is 13.1 Å². The molecule has 118 valence electrons. The first-order chi connectivity index (χ1) is 10.4. The zero-order valence-corrected chi connectivity index (χ0v) is 13.9. The summed E-state index contributed by atoms with van der Waals surface area (Å²) in [4.78, 5) is 6.60. The Morgan fingerprint density at radius 1 is 1.36 bits per heavy atom. The van der Waals surface area contributed by atoms with E-state index < -0.39 is 0 Å². The van der Waals surface area contributed by atoms with E-state index in [1.807, 2.05) is 17.1 Å². The lowest BCUT2D eigenvalue weighted by Gasteiger charge is -2.42. The predicted octanol–water partition coefficient (Wildman–Crippen LogP) is 3.18. The van der Waals surface area contributed by atoms with Gasteiger partial charge in [-0.05, 0) is 51.0 Å². The molecule has 0 radical (unpaired) electrons. The molecule has 0 N–H and O–H groups in total. The lowest BCUT2D eigenvalue weighted by atomic mass is 10.0. The van der Waals surface area contributed by atoms with Crippen LogP contribution in [0.1, 0.15) is 31.9 Å². The summed E-state index contributed by atoms with van der Waals surface area (Å²) in [5.41, 5.74) is 3.80. The van der Waals surface area contributed by atoms with Crippen molar-refractivity contribution >= 4 is 0 Å². The van der Waals surface area contributed by atoms with E-state index in [9.17, 15) is 0 Å². The number of nitrogens with zero attached hydrogens (tertiary/aromatic N) is 3. The van der Waals surface area contributed by atoms with Crippen LogP contribution in [0.2, 0.25) is 0 Å². The zero-order chi connectivity index (χ0) is 15.7. The molecule has 4 heteroatoms.